The van der Waals surface area contributed by atoms with E-state index in [0.717, 1.165) is 11.1 Å². The molecule has 0 saturated carbocycles. The van der Waals surface area contributed by atoms with Crippen molar-refractivity contribution < 1.29 is 14.2 Å². The smallest absolute Gasteiger partial charge is 0.222 e. The van der Waals surface area contributed by atoms with E-state index in [4.69, 9.17) is 25.7 Å². The van der Waals surface area contributed by atoms with Crippen LogP contribution >= 0.6 is 0 Å². The number of para-hydroxylation sites is 1. The van der Waals surface area contributed by atoms with Crippen LogP contribution in [-0.2, 0) is 0 Å². The average molecular weight is 414 g/mol. The van der Waals surface area contributed by atoms with Gasteiger partial charge in [-0.25, -0.2) is 9.97 Å². The first-order chi connectivity index (χ1) is 15.0. The van der Waals surface area contributed by atoms with E-state index >= 15 is 0 Å². The predicted octanol–water partition coefficient (Wildman–Crippen LogP) is 5.63. The van der Waals surface area contributed by atoms with Crippen LogP contribution in [0.2, 0.25) is 0 Å². The highest BCUT2D eigenvalue weighted by atomic mass is 16.5. The van der Waals surface area contributed by atoms with Crippen molar-refractivity contribution in [3.05, 3.63) is 84.2 Å². The monoisotopic (exact) mass is 414 g/mol. The number of nitrogens with zero attached hydrogens (tertiary/aromatic N) is 2. The maximum atomic E-state index is 6.00. The molecule has 0 fully saturated rings. The second-order valence-corrected chi connectivity index (χ2v) is 7.04. The number of rotatable bonds is 6. The summed E-state index contributed by atoms with van der Waals surface area (Å²) in [6.07, 6.45) is 3.09. The molecule has 0 spiro atoms. The van der Waals surface area contributed by atoms with Gasteiger partial charge in [-0.2, -0.15) is 0 Å². The molecule has 7 nitrogen and oxygen atoms in total. The van der Waals surface area contributed by atoms with Crippen LogP contribution in [-0.4, -0.2) is 9.97 Å². The summed E-state index contributed by atoms with van der Waals surface area (Å²) >= 11 is 0. The number of nitrogen functional groups attached to an aromatic ring is 2. The minimum absolute atomic E-state index is 0.443. The fourth-order valence-corrected chi connectivity index (χ4v) is 2.95. The highest BCUT2D eigenvalue weighted by molar-refractivity contribution is 5.49. The molecule has 4 rings (SSSR count). The summed E-state index contributed by atoms with van der Waals surface area (Å²) in [5.74, 6) is 3.11. The first-order valence-electron chi connectivity index (χ1n) is 9.64. The third kappa shape index (κ3) is 5.02. The van der Waals surface area contributed by atoms with E-state index in [2.05, 4.69) is 9.97 Å². The summed E-state index contributed by atoms with van der Waals surface area (Å²) in [6.45, 7) is 3.75. The third-order valence-corrected chi connectivity index (χ3v) is 4.36. The van der Waals surface area contributed by atoms with Gasteiger partial charge in [-0.3, -0.25) is 0 Å². The molecule has 0 unspecified atom stereocenters. The average Bonchev–Trinajstić information content (AvgIpc) is 2.73. The zero-order chi connectivity index (χ0) is 21.8. The number of aromatic nitrogens is 2. The topological polar surface area (TPSA) is 106 Å². The molecule has 2 aromatic heterocycles. The van der Waals surface area contributed by atoms with Crippen LogP contribution in [0.1, 0.15) is 11.1 Å². The summed E-state index contributed by atoms with van der Waals surface area (Å²) in [5, 5.41) is 0. The third-order valence-electron chi connectivity index (χ3n) is 4.36. The highest BCUT2D eigenvalue weighted by Crippen LogP contribution is 2.36. The quantitative estimate of drug-likeness (QED) is 0.421. The molecule has 0 aliphatic heterocycles. The Kier molecular flexibility index (Phi) is 5.57. The molecule has 4 N–H and O–H groups in total. The molecule has 0 bridgehead atoms. The molecule has 0 aliphatic carbocycles. The Bertz CT molecular complexity index is 1140. The molecule has 7 heteroatoms. The number of hydrogen-bond donors (Lipinski definition) is 2. The van der Waals surface area contributed by atoms with Crippen molar-refractivity contribution in [1.29, 1.82) is 0 Å². The van der Waals surface area contributed by atoms with E-state index in [-0.39, 0.29) is 0 Å². The van der Waals surface area contributed by atoms with Crippen molar-refractivity contribution in [1.82, 2.24) is 9.97 Å². The van der Waals surface area contributed by atoms with Gasteiger partial charge in [-0.05, 0) is 38.1 Å². The lowest BCUT2D eigenvalue weighted by molar-refractivity contribution is 0.424. The van der Waals surface area contributed by atoms with E-state index < -0.39 is 0 Å². The Labute approximate surface area is 180 Å². The van der Waals surface area contributed by atoms with Gasteiger partial charge in [0.25, 0.3) is 0 Å². The molecule has 4 aromatic rings. The summed E-state index contributed by atoms with van der Waals surface area (Å²) < 4.78 is 18.0. The van der Waals surface area contributed by atoms with Gasteiger partial charge in [0.15, 0.2) is 0 Å². The van der Waals surface area contributed by atoms with Crippen molar-refractivity contribution in [2.75, 3.05) is 11.5 Å². The van der Waals surface area contributed by atoms with Crippen LogP contribution < -0.4 is 25.7 Å². The van der Waals surface area contributed by atoms with Crippen LogP contribution in [0.25, 0.3) is 0 Å². The molecule has 2 heterocycles. The lowest BCUT2D eigenvalue weighted by Gasteiger charge is -2.14. The second-order valence-electron chi connectivity index (χ2n) is 7.04. The van der Waals surface area contributed by atoms with Crippen LogP contribution in [0.5, 0.6) is 34.8 Å². The zero-order valence-corrected chi connectivity index (χ0v) is 17.2. The largest absolute Gasteiger partial charge is 0.457 e. The number of anilines is 2. The van der Waals surface area contributed by atoms with Crippen LogP contribution in [0.15, 0.2) is 73.1 Å². The molecule has 156 valence electrons. The molecular weight excluding hydrogens is 392 g/mol. The van der Waals surface area contributed by atoms with Gasteiger partial charge in [-0.15, -0.1) is 0 Å². The fourth-order valence-electron chi connectivity index (χ4n) is 2.95. The fraction of sp³-hybridized carbons (Fsp3) is 0.0833. The van der Waals surface area contributed by atoms with Crippen LogP contribution in [0.4, 0.5) is 11.4 Å². The van der Waals surface area contributed by atoms with Crippen LogP contribution in [0.3, 0.4) is 0 Å². The Hall–Kier alpha value is -4.26. The van der Waals surface area contributed by atoms with Crippen molar-refractivity contribution in [3.63, 3.8) is 0 Å². The first-order valence-corrected chi connectivity index (χ1v) is 9.64. The SMILES string of the molecule is Cc1cc(N)cnc1Oc1cc(Oc2ccccc2)cc(Oc2ncc(N)cc2C)c1. The molecule has 0 aliphatic rings. The van der Waals surface area contributed by atoms with Gasteiger partial charge >= 0.3 is 0 Å². The number of benzene rings is 2. The minimum Gasteiger partial charge on any atom is -0.457 e. The Morgan fingerprint density at radius 1 is 0.581 bits per heavy atom. The summed E-state index contributed by atoms with van der Waals surface area (Å²) in [7, 11) is 0. The first kappa shape index (κ1) is 20.0. The molecule has 0 saturated heterocycles. The highest BCUT2D eigenvalue weighted by Gasteiger charge is 2.11. The van der Waals surface area contributed by atoms with E-state index in [9.17, 15) is 0 Å². The molecule has 31 heavy (non-hydrogen) atoms. The maximum absolute atomic E-state index is 6.00. The second kappa shape index (κ2) is 8.62. The minimum atomic E-state index is 0.443. The maximum Gasteiger partial charge on any atom is 0.222 e. The predicted molar refractivity (Wildman–Crippen MR) is 120 cm³/mol. The van der Waals surface area contributed by atoms with Crippen LogP contribution in [0, 0.1) is 13.8 Å². The van der Waals surface area contributed by atoms with E-state index in [0.29, 0.717) is 46.1 Å². The number of nitrogens with two attached hydrogens (primary N) is 2. The van der Waals surface area contributed by atoms with Gasteiger partial charge in [0, 0.05) is 29.3 Å². The van der Waals surface area contributed by atoms with Crippen molar-refractivity contribution in [2.45, 2.75) is 13.8 Å². The van der Waals surface area contributed by atoms with Gasteiger partial charge < -0.3 is 25.7 Å². The summed E-state index contributed by atoms with van der Waals surface area (Å²) in [4.78, 5) is 8.54. The summed E-state index contributed by atoms with van der Waals surface area (Å²) in [5.41, 5.74) is 14.3. The van der Waals surface area contributed by atoms with Crippen molar-refractivity contribution >= 4 is 11.4 Å². The number of aryl methyl sites for hydroxylation is 2. The molecule has 0 atom stereocenters. The van der Waals surface area contributed by atoms with Crippen molar-refractivity contribution in [2.24, 2.45) is 0 Å². The molecule has 2 aromatic carbocycles. The molecular formula is C24H22N4O3. The lowest BCUT2D eigenvalue weighted by Crippen LogP contribution is -1.97. The Balaban J connectivity index is 1.69. The van der Waals surface area contributed by atoms with E-state index in [1.165, 1.54) is 0 Å². The molecule has 0 amide bonds. The van der Waals surface area contributed by atoms with E-state index in [1.807, 2.05) is 44.2 Å². The summed E-state index contributed by atoms with van der Waals surface area (Å²) in [6, 6.07) is 18.3. The van der Waals surface area contributed by atoms with Gasteiger partial charge in [-0.1, -0.05) is 18.2 Å². The van der Waals surface area contributed by atoms with E-state index in [1.54, 1.807) is 42.7 Å². The van der Waals surface area contributed by atoms with Gasteiger partial charge in [0.2, 0.25) is 11.8 Å². The number of ether oxygens (including phenoxy) is 3. The number of pyridine rings is 2. The van der Waals surface area contributed by atoms with Gasteiger partial charge in [0.05, 0.1) is 23.8 Å². The normalized spacial score (nSPS) is 10.5. The van der Waals surface area contributed by atoms with Crippen molar-refractivity contribution in [3.8, 4) is 34.8 Å². The zero-order valence-electron chi connectivity index (χ0n) is 17.2. The lowest BCUT2D eigenvalue weighted by atomic mass is 10.2. The Morgan fingerprint density at radius 3 is 1.48 bits per heavy atom. The number of hydrogen-bond acceptors (Lipinski definition) is 7. The molecule has 0 radical (unpaired) electrons. The standard InChI is InChI=1S/C24H22N4O3/c1-15-8-17(25)13-27-23(15)30-21-10-20(29-19-6-4-3-5-7-19)11-22(12-21)31-24-16(2)9-18(26)14-28-24/h3-14H,25-26H2,1-2H3. The Morgan fingerprint density at radius 2 is 1.03 bits per heavy atom. The van der Waals surface area contributed by atoms with Gasteiger partial charge in [0.1, 0.15) is 23.0 Å².